The van der Waals surface area contributed by atoms with Crippen LogP contribution in [0.3, 0.4) is 0 Å². The van der Waals surface area contributed by atoms with E-state index in [9.17, 15) is 4.79 Å². The summed E-state index contributed by atoms with van der Waals surface area (Å²) in [5, 5.41) is 0. The zero-order chi connectivity index (χ0) is 14.0. The van der Waals surface area contributed by atoms with Crippen LogP contribution in [-0.2, 0) is 9.53 Å². The van der Waals surface area contributed by atoms with E-state index in [-0.39, 0.29) is 5.54 Å². The Hall–Kier alpha value is -0.610. The van der Waals surface area contributed by atoms with Crippen LogP contribution in [0.2, 0.25) is 0 Å². The van der Waals surface area contributed by atoms with Crippen LogP contribution in [-0.4, -0.2) is 60.6 Å². The highest BCUT2D eigenvalue weighted by atomic mass is 16.5. The lowest BCUT2D eigenvalue weighted by molar-refractivity contribution is -0.142. The molecule has 0 bridgehead atoms. The Kier molecular flexibility index (Phi) is 4.32. The molecule has 1 spiro atoms. The number of hydrogen-bond donors (Lipinski definition) is 0. The highest BCUT2D eigenvalue weighted by Crippen LogP contribution is 2.33. The van der Waals surface area contributed by atoms with Crippen molar-refractivity contribution in [3.63, 3.8) is 0 Å². The van der Waals surface area contributed by atoms with E-state index in [4.69, 9.17) is 4.74 Å². The van der Waals surface area contributed by atoms with Crippen LogP contribution in [0.4, 0.5) is 0 Å². The van der Waals surface area contributed by atoms with E-state index in [1.807, 2.05) is 0 Å². The largest absolute Gasteiger partial charge is 0.378 e. The summed E-state index contributed by atoms with van der Waals surface area (Å²) in [4.78, 5) is 17.2. The number of carbonyl (C=O) groups excluding carboxylic acids is 1. The third-order valence-corrected chi connectivity index (χ3v) is 5.64. The van der Waals surface area contributed by atoms with Gasteiger partial charge in [0.2, 0.25) is 5.91 Å². The Bertz CT molecular complexity index is 344. The van der Waals surface area contributed by atoms with Crippen LogP contribution in [0, 0.1) is 5.92 Å². The molecule has 3 aliphatic rings. The molecule has 0 radical (unpaired) electrons. The third-order valence-electron chi connectivity index (χ3n) is 5.64. The average Bonchev–Trinajstić information content (AvgIpc) is 3.02. The number of rotatable bonds is 2. The van der Waals surface area contributed by atoms with Gasteiger partial charge in [0.05, 0.1) is 13.2 Å². The van der Waals surface area contributed by atoms with Crippen LogP contribution in [0.1, 0.15) is 45.4 Å². The molecule has 114 valence electrons. The molecule has 1 aliphatic carbocycles. The minimum absolute atomic E-state index is 0.208. The van der Waals surface area contributed by atoms with Crippen molar-refractivity contribution in [1.82, 2.24) is 9.80 Å². The first-order valence-electron chi connectivity index (χ1n) is 8.37. The standard InChI is InChI=1S/C16H28N2O2/c1-2-18-11-12-20-13-16(18)7-9-17(10-8-16)15(19)14-5-3-4-6-14/h14H,2-13H2,1H3. The van der Waals surface area contributed by atoms with Crippen molar-refractivity contribution in [3.8, 4) is 0 Å². The van der Waals surface area contributed by atoms with Crippen LogP contribution >= 0.6 is 0 Å². The maximum absolute atomic E-state index is 12.5. The number of amides is 1. The first-order chi connectivity index (χ1) is 9.75. The van der Waals surface area contributed by atoms with Gasteiger partial charge in [0.25, 0.3) is 0 Å². The summed E-state index contributed by atoms with van der Waals surface area (Å²) in [6.45, 7) is 7.95. The fraction of sp³-hybridized carbons (Fsp3) is 0.938. The first kappa shape index (κ1) is 14.3. The maximum atomic E-state index is 12.5. The Morgan fingerprint density at radius 2 is 1.90 bits per heavy atom. The molecule has 1 amide bonds. The Balaban J connectivity index is 1.59. The molecule has 1 saturated carbocycles. The molecule has 20 heavy (non-hydrogen) atoms. The second kappa shape index (κ2) is 6.02. The van der Waals surface area contributed by atoms with Gasteiger partial charge in [-0.2, -0.15) is 0 Å². The van der Waals surface area contributed by atoms with Crippen LogP contribution in [0.15, 0.2) is 0 Å². The van der Waals surface area contributed by atoms with Crippen molar-refractivity contribution in [3.05, 3.63) is 0 Å². The summed E-state index contributed by atoms with van der Waals surface area (Å²) in [6, 6.07) is 0. The summed E-state index contributed by atoms with van der Waals surface area (Å²) in [5.74, 6) is 0.756. The molecule has 3 rings (SSSR count). The summed E-state index contributed by atoms with van der Waals surface area (Å²) >= 11 is 0. The zero-order valence-corrected chi connectivity index (χ0v) is 12.8. The molecular formula is C16H28N2O2. The van der Waals surface area contributed by atoms with Crippen molar-refractivity contribution < 1.29 is 9.53 Å². The van der Waals surface area contributed by atoms with E-state index in [1.165, 1.54) is 12.8 Å². The van der Waals surface area contributed by atoms with E-state index in [2.05, 4.69) is 16.7 Å². The van der Waals surface area contributed by atoms with Crippen LogP contribution in [0.25, 0.3) is 0 Å². The lowest BCUT2D eigenvalue weighted by atomic mass is 9.85. The van der Waals surface area contributed by atoms with Gasteiger partial charge in [-0.05, 0) is 32.2 Å². The van der Waals surface area contributed by atoms with Gasteiger partial charge < -0.3 is 9.64 Å². The number of piperidine rings is 1. The fourth-order valence-electron chi connectivity index (χ4n) is 4.29. The zero-order valence-electron chi connectivity index (χ0n) is 12.8. The van der Waals surface area contributed by atoms with E-state index in [0.717, 1.165) is 65.1 Å². The number of likely N-dealkylation sites (tertiary alicyclic amines) is 1. The molecule has 4 nitrogen and oxygen atoms in total. The van der Waals surface area contributed by atoms with Gasteiger partial charge >= 0.3 is 0 Å². The van der Waals surface area contributed by atoms with Crippen LogP contribution < -0.4 is 0 Å². The first-order valence-corrected chi connectivity index (χ1v) is 8.37. The van der Waals surface area contributed by atoms with Gasteiger partial charge in [-0.3, -0.25) is 9.69 Å². The van der Waals surface area contributed by atoms with E-state index >= 15 is 0 Å². The smallest absolute Gasteiger partial charge is 0.225 e. The highest BCUT2D eigenvalue weighted by molar-refractivity contribution is 5.79. The minimum Gasteiger partial charge on any atom is -0.378 e. The summed E-state index contributed by atoms with van der Waals surface area (Å²) in [6.07, 6.45) is 6.88. The number of morpholine rings is 1. The second-order valence-corrected chi connectivity index (χ2v) is 6.66. The summed E-state index contributed by atoms with van der Waals surface area (Å²) in [5.41, 5.74) is 0.208. The molecule has 0 unspecified atom stereocenters. The van der Waals surface area contributed by atoms with Gasteiger partial charge in [-0.1, -0.05) is 19.8 Å². The lowest BCUT2D eigenvalue weighted by Gasteiger charge is -2.51. The number of hydrogen-bond acceptors (Lipinski definition) is 3. The molecule has 2 aliphatic heterocycles. The Morgan fingerprint density at radius 3 is 2.55 bits per heavy atom. The molecule has 0 aromatic carbocycles. The molecule has 2 saturated heterocycles. The van der Waals surface area contributed by atoms with Crippen LogP contribution in [0.5, 0.6) is 0 Å². The number of ether oxygens (including phenoxy) is 1. The minimum atomic E-state index is 0.208. The maximum Gasteiger partial charge on any atom is 0.225 e. The molecular weight excluding hydrogens is 252 g/mol. The Morgan fingerprint density at radius 1 is 1.20 bits per heavy atom. The van der Waals surface area contributed by atoms with Crippen molar-refractivity contribution in [2.75, 3.05) is 39.4 Å². The summed E-state index contributed by atoms with van der Waals surface area (Å²) < 4.78 is 5.75. The van der Waals surface area contributed by atoms with Gasteiger partial charge in [0, 0.05) is 31.1 Å². The predicted molar refractivity (Wildman–Crippen MR) is 78.6 cm³/mol. The van der Waals surface area contributed by atoms with Crippen molar-refractivity contribution >= 4 is 5.91 Å². The molecule has 0 N–H and O–H groups in total. The monoisotopic (exact) mass is 280 g/mol. The SMILES string of the molecule is CCN1CCOCC12CCN(C(=O)C1CCCC1)CC2. The lowest BCUT2D eigenvalue weighted by Crippen LogP contribution is -2.62. The van der Waals surface area contributed by atoms with Gasteiger partial charge in [0.15, 0.2) is 0 Å². The third kappa shape index (κ3) is 2.60. The van der Waals surface area contributed by atoms with E-state index < -0.39 is 0 Å². The highest BCUT2D eigenvalue weighted by Gasteiger charge is 2.43. The van der Waals surface area contributed by atoms with E-state index in [0.29, 0.717) is 11.8 Å². The topological polar surface area (TPSA) is 32.8 Å². The van der Waals surface area contributed by atoms with Gasteiger partial charge in [-0.25, -0.2) is 0 Å². The number of carbonyl (C=O) groups is 1. The van der Waals surface area contributed by atoms with E-state index in [1.54, 1.807) is 0 Å². The second-order valence-electron chi connectivity index (χ2n) is 6.66. The Labute approximate surface area is 122 Å². The predicted octanol–water partition coefficient (Wildman–Crippen LogP) is 1.89. The molecule has 0 aromatic rings. The molecule has 0 atom stereocenters. The molecule has 2 heterocycles. The quantitative estimate of drug-likeness (QED) is 0.774. The van der Waals surface area contributed by atoms with Crippen molar-refractivity contribution in [2.45, 2.75) is 51.0 Å². The normalized spacial score (nSPS) is 28.1. The fourth-order valence-corrected chi connectivity index (χ4v) is 4.29. The van der Waals surface area contributed by atoms with Gasteiger partial charge in [0.1, 0.15) is 0 Å². The average molecular weight is 280 g/mol. The molecule has 3 fully saturated rings. The van der Waals surface area contributed by atoms with Crippen molar-refractivity contribution in [2.24, 2.45) is 5.92 Å². The summed E-state index contributed by atoms with van der Waals surface area (Å²) in [7, 11) is 0. The number of likely N-dealkylation sites (N-methyl/N-ethyl adjacent to an activating group) is 1. The molecule has 4 heteroatoms. The van der Waals surface area contributed by atoms with Gasteiger partial charge in [-0.15, -0.1) is 0 Å². The number of nitrogens with zero attached hydrogens (tertiary/aromatic N) is 2. The van der Waals surface area contributed by atoms with Crippen molar-refractivity contribution in [1.29, 1.82) is 0 Å². The molecule has 0 aromatic heterocycles.